The molecule has 0 bridgehead atoms. The maximum Gasteiger partial charge on any atom is 0.508 e. The van der Waals surface area contributed by atoms with Gasteiger partial charge in [-0.05, 0) is 86.9 Å². The first-order valence-corrected chi connectivity index (χ1v) is 15.8. The quantitative estimate of drug-likeness (QED) is 0.194. The third-order valence-corrected chi connectivity index (χ3v) is 11.2. The number of Topliss-reactive ketones (excluding diaryl/α,β-unsaturated/α-hetero) is 1. The Morgan fingerprint density at radius 1 is 0.721 bits per heavy atom. The Morgan fingerprint density at radius 3 is 2.05 bits per heavy atom. The van der Waals surface area contributed by atoms with Crippen molar-refractivity contribution in [2.45, 2.75) is 83.3 Å². The minimum absolute atomic E-state index is 0.0571. The summed E-state index contributed by atoms with van der Waals surface area (Å²) in [6.07, 6.45) is 5.46. The summed E-state index contributed by atoms with van der Waals surface area (Å²) >= 11 is 0. The summed E-state index contributed by atoms with van der Waals surface area (Å²) in [7, 11) is 0. The van der Waals surface area contributed by atoms with Gasteiger partial charge in [0.1, 0.15) is 24.9 Å². The van der Waals surface area contributed by atoms with Crippen LogP contribution in [0.15, 0.2) is 0 Å². The minimum atomic E-state index is -1.56. The van der Waals surface area contributed by atoms with Gasteiger partial charge in [0, 0.05) is 5.41 Å². The van der Waals surface area contributed by atoms with Gasteiger partial charge in [0.25, 0.3) is 0 Å². The average Bonchev–Trinajstić information content (AvgIpc) is 3.27. The van der Waals surface area contributed by atoms with E-state index in [2.05, 4.69) is 6.92 Å². The van der Waals surface area contributed by atoms with Gasteiger partial charge < -0.3 is 43.7 Å². The van der Waals surface area contributed by atoms with Crippen molar-refractivity contribution >= 4 is 18.1 Å². The largest absolute Gasteiger partial charge is 0.508 e. The van der Waals surface area contributed by atoms with Gasteiger partial charge in [0.15, 0.2) is 6.61 Å². The average molecular weight is 615 g/mol. The Morgan fingerprint density at radius 2 is 1.37 bits per heavy atom. The highest BCUT2D eigenvalue weighted by molar-refractivity contribution is 5.90. The van der Waals surface area contributed by atoms with Crippen molar-refractivity contribution < 1.29 is 58.1 Å². The molecule has 43 heavy (non-hydrogen) atoms. The molecule has 4 saturated carbocycles. The predicted molar refractivity (Wildman–Crippen MR) is 151 cm³/mol. The van der Waals surface area contributed by atoms with Gasteiger partial charge in [-0.3, -0.25) is 4.79 Å². The molecule has 5 unspecified atom stereocenters. The van der Waals surface area contributed by atoms with Crippen LogP contribution in [-0.4, -0.2) is 105 Å². The predicted octanol–water partition coefficient (Wildman–Crippen LogP) is 3.02. The number of rotatable bonds is 14. The molecule has 0 aromatic carbocycles. The van der Waals surface area contributed by atoms with E-state index in [9.17, 15) is 19.5 Å². The molecule has 0 saturated heterocycles. The van der Waals surface area contributed by atoms with E-state index in [1.54, 1.807) is 0 Å². The standard InChI is InChI=1S/C31H50O12/c1-29-8-5-22(43-28(36)41-18-16-39-14-12-33)19-21(29)3-4-23-24(29)6-9-30(2)25(23)7-10-31(30,37)26(34)20-42-27(35)40-17-15-38-13-11-32/h21-25,32-33,37H,3-20H2,1-2H3/t21-,22-,23?,24?,25?,29?,30?,31+/m1/s1. The molecule has 4 fully saturated rings. The summed E-state index contributed by atoms with van der Waals surface area (Å²) in [6.45, 7) is 4.37. The van der Waals surface area contributed by atoms with Gasteiger partial charge in [0.05, 0.1) is 39.6 Å². The van der Waals surface area contributed by atoms with Gasteiger partial charge in [-0.2, -0.15) is 0 Å². The molecule has 12 nitrogen and oxygen atoms in total. The first-order valence-electron chi connectivity index (χ1n) is 15.8. The second-order valence-electron chi connectivity index (χ2n) is 13.1. The number of carbonyl (C=O) groups is 3. The molecule has 12 heteroatoms. The highest BCUT2D eigenvalue weighted by Gasteiger charge is 2.66. The molecule has 4 aliphatic carbocycles. The molecule has 0 aliphatic heterocycles. The minimum Gasteiger partial charge on any atom is -0.432 e. The van der Waals surface area contributed by atoms with Gasteiger partial charge in [-0.1, -0.05) is 13.8 Å². The van der Waals surface area contributed by atoms with Crippen LogP contribution in [0.1, 0.15) is 71.6 Å². The Labute approximate surface area is 253 Å². The van der Waals surface area contributed by atoms with Gasteiger partial charge >= 0.3 is 12.3 Å². The number of aliphatic hydroxyl groups excluding tert-OH is 2. The maximum atomic E-state index is 13.3. The molecule has 4 aliphatic rings. The van der Waals surface area contributed by atoms with E-state index in [4.69, 9.17) is 38.6 Å². The van der Waals surface area contributed by atoms with E-state index in [0.717, 1.165) is 51.4 Å². The lowest BCUT2D eigenvalue weighted by molar-refractivity contribution is -0.174. The highest BCUT2D eigenvalue weighted by atomic mass is 16.7. The summed E-state index contributed by atoms with van der Waals surface area (Å²) in [5, 5.41) is 29.3. The number of carbonyl (C=O) groups excluding carboxylic acids is 3. The molecule has 3 N–H and O–H groups in total. The number of ether oxygens (including phenoxy) is 6. The second-order valence-corrected chi connectivity index (χ2v) is 13.1. The van der Waals surface area contributed by atoms with E-state index in [0.29, 0.717) is 24.2 Å². The van der Waals surface area contributed by atoms with E-state index in [-0.39, 0.29) is 70.3 Å². The molecular weight excluding hydrogens is 564 g/mol. The third-order valence-electron chi connectivity index (χ3n) is 11.2. The summed E-state index contributed by atoms with van der Waals surface area (Å²) in [4.78, 5) is 37.5. The summed E-state index contributed by atoms with van der Waals surface area (Å²) in [5.74, 6) is 1.01. The summed E-state index contributed by atoms with van der Waals surface area (Å²) < 4.78 is 30.9. The normalized spacial score (nSPS) is 36.5. The van der Waals surface area contributed by atoms with Crippen LogP contribution in [0.4, 0.5) is 9.59 Å². The van der Waals surface area contributed by atoms with Crippen LogP contribution >= 0.6 is 0 Å². The first kappa shape index (κ1) is 33.9. The first-order chi connectivity index (χ1) is 20.6. The fourth-order valence-corrected chi connectivity index (χ4v) is 8.96. The van der Waals surface area contributed by atoms with Crippen LogP contribution in [-0.2, 0) is 33.2 Å². The Bertz CT molecular complexity index is 959. The van der Waals surface area contributed by atoms with E-state index >= 15 is 0 Å². The highest BCUT2D eigenvalue weighted by Crippen LogP contribution is 2.68. The van der Waals surface area contributed by atoms with Gasteiger partial charge in [-0.25, -0.2) is 9.59 Å². The van der Waals surface area contributed by atoms with E-state index in [1.807, 2.05) is 6.92 Å². The van der Waals surface area contributed by atoms with E-state index in [1.165, 1.54) is 0 Å². The van der Waals surface area contributed by atoms with Crippen molar-refractivity contribution in [3.8, 4) is 0 Å². The van der Waals surface area contributed by atoms with Gasteiger partial charge in [0.2, 0.25) is 5.78 Å². The zero-order valence-electron chi connectivity index (χ0n) is 25.6. The van der Waals surface area contributed by atoms with Crippen LogP contribution in [0.25, 0.3) is 0 Å². The maximum absolute atomic E-state index is 13.3. The molecule has 0 spiro atoms. The zero-order chi connectivity index (χ0) is 31.1. The molecule has 0 aromatic heterocycles. The molecule has 246 valence electrons. The Hall–Kier alpha value is -1.99. The SMILES string of the molecule is CC12CC[C@@H](OC(=O)OCCOCCO)C[C@H]1CCC1C2CCC2(C)C1CC[C@]2(O)C(=O)COC(=O)OCCOCCO. The molecule has 0 radical (unpaired) electrons. The monoisotopic (exact) mass is 614 g/mol. The summed E-state index contributed by atoms with van der Waals surface area (Å²) in [6, 6.07) is 0. The number of fused-ring (bicyclic) bond motifs is 5. The molecule has 4 rings (SSSR count). The fourth-order valence-electron chi connectivity index (χ4n) is 8.96. The van der Waals surface area contributed by atoms with Crippen molar-refractivity contribution in [3.05, 3.63) is 0 Å². The second kappa shape index (κ2) is 14.9. The van der Waals surface area contributed by atoms with Crippen molar-refractivity contribution in [2.24, 2.45) is 34.5 Å². The number of hydrogen-bond donors (Lipinski definition) is 3. The lowest BCUT2D eigenvalue weighted by Crippen LogP contribution is -2.59. The smallest absolute Gasteiger partial charge is 0.432 e. The lowest BCUT2D eigenvalue weighted by atomic mass is 9.44. The van der Waals surface area contributed by atoms with E-state index < -0.39 is 35.7 Å². The van der Waals surface area contributed by atoms with Crippen LogP contribution in [0.2, 0.25) is 0 Å². The third kappa shape index (κ3) is 7.30. The van der Waals surface area contributed by atoms with Crippen molar-refractivity contribution in [2.75, 3.05) is 59.5 Å². The van der Waals surface area contributed by atoms with Crippen molar-refractivity contribution in [3.63, 3.8) is 0 Å². The Balaban J connectivity index is 1.29. The molecular formula is C31H50O12. The number of hydrogen-bond acceptors (Lipinski definition) is 12. The lowest BCUT2D eigenvalue weighted by Gasteiger charge is -2.61. The number of ketones is 1. The van der Waals surface area contributed by atoms with Crippen LogP contribution in [0.5, 0.6) is 0 Å². The fraction of sp³-hybridized carbons (Fsp3) is 0.903. The van der Waals surface area contributed by atoms with Crippen LogP contribution < -0.4 is 0 Å². The Kier molecular flexibility index (Phi) is 11.7. The molecule has 0 heterocycles. The van der Waals surface area contributed by atoms with Crippen molar-refractivity contribution in [1.29, 1.82) is 0 Å². The molecule has 8 atom stereocenters. The molecule has 0 amide bonds. The van der Waals surface area contributed by atoms with Gasteiger partial charge in [-0.15, -0.1) is 0 Å². The van der Waals surface area contributed by atoms with Crippen LogP contribution in [0, 0.1) is 34.5 Å². The van der Waals surface area contributed by atoms with Crippen LogP contribution in [0.3, 0.4) is 0 Å². The topological polar surface area (TPSA) is 167 Å². The number of aliphatic hydroxyl groups is 3. The summed E-state index contributed by atoms with van der Waals surface area (Å²) in [5.41, 5.74) is -2.05. The van der Waals surface area contributed by atoms with Crippen molar-refractivity contribution in [1.82, 2.24) is 0 Å². The molecule has 0 aromatic rings. The zero-order valence-corrected chi connectivity index (χ0v) is 25.6.